The van der Waals surface area contributed by atoms with Gasteiger partial charge in [-0.2, -0.15) is 0 Å². The van der Waals surface area contributed by atoms with Crippen LogP contribution in [0.5, 0.6) is 0 Å². The van der Waals surface area contributed by atoms with Crippen LogP contribution < -0.4 is 0 Å². The fourth-order valence-electron chi connectivity index (χ4n) is 2.32. The Morgan fingerprint density at radius 2 is 1.90 bits per heavy atom. The summed E-state index contributed by atoms with van der Waals surface area (Å²) in [5.41, 5.74) is 2.80. The van der Waals surface area contributed by atoms with Crippen molar-refractivity contribution in [3.63, 3.8) is 0 Å². The molecule has 0 amide bonds. The van der Waals surface area contributed by atoms with Crippen molar-refractivity contribution in [3.05, 3.63) is 76.2 Å². The van der Waals surface area contributed by atoms with Crippen LogP contribution in [0.1, 0.15) is 22.9 Å². The molecule has 1 heterocycles. The summed E-state index contributed by atoms with van der Waals surface area (Å²) in [4.78, 5) is 4.41. The smallest absolute Gasteiger partial charge is 0.123 e. The molecule has 1 unspecified atom stereocenters. The Morgan fingerprint density at radius 1 is 1.10 bits per heavy atom. The van der Waals surface area contributed by atoms with Crippen LogP contribution in [0.2, 0.25) is 5.02 Å². The summed E-state index contributed by atoms with van der Waals surface area (Å²) in [5.74, 6) is -0.425. The summed E-state index contributed by atoms with van der Waals surface area (Å²) in [6.45, 7) is 1.93. The number of benzene rings is 2. The number of aryl methyl sites for hydroxylation is 1. The lowest BCUT2D eigenvalue weighted by atomic mass is 9.99. The third kappa shape index (κ3) is 2.75. The SMILES string of the molecule is Cc1ccc2cc(C(O)c3cc(F)ccc3Cl)ccc2n1. The van der Waals surface area contributed by atoms with E-state index in [0.717, 1.165) is 16.6 Å². The van der Waals surface area contributed by atoms with Crippen molar-refractivity contribution in [3.8, 4) is 0 Å². The molecule has 106 valence electrons. The molecule has 0 saturated carbocycles. The first-order valence-electron chi connectivity index (χ1n) is 6.55. The maximum absolute atomic E-state index is 13.3. The van der Waals surface area contributed by atoms with Gasteiger partial charge in [-0.25, -0.2) is 4.39 Å². The summed E-state index contributed by atoms with van der Waals surface area (Å²) in [7, 11) is 0. The topological polar surface area (TPSA) is 33.1 Å². The molecule has 1 N–H and O–H groups in total. The van der Waals surface area contributed by atoms with Crippen LogP contribution >= 0.6 is 11.6 Å². The van der Waals surface area contributed by atoms with Crippen LogP contribution in [0.25, 0.3) is 10.9 Å². The Hall–Kier alpha value is -1.97. The van der Waals surface area contributed by atoms with Gasteiger partial charge in [-0.1, -0.05) is 23.7 Å². The maximum atomic E-state index is 13.3. The van der Waals surface area contributed by atoms with Gasteiger partial charge in [0.2, 0.25) is 0 Å². The summed E-state index contributed by atoms with van der Waals surface area (Å²) < 4.78 is 13.3. The maximum Gasteiger partial charge on any atom is 0.123 e. The predicted molar refractivity (Wildman–Crippen MR) is 82.0 cm³/mol. The first kappa shape index (κ1) is 14.0. The lowest BCUT2D eigenvalue weighted by Gasteiger charge is -2.14. The fourth-order valence-corrected chi connectivity index (χ4v) is 2.54. The lowest BCUT2D eigenvalue weighted by Crippen LogP contribution is -2.01. The zero-order valence-corrected chi connectivity index (χ0v) is 12.1. The zero-order chi connectivity index (χ0) is 15.0. The minimum absolute atomic E-state index is 0.339. The van der Waals surface area contributed by atoms with E-state index in [0.29, 0.717) is 16.1 Å². The van der Waals surface area contributed by atoms with Crippen molar-refractivity contribution in [2.24, 2.45) is 0 Å². The quantitative estimate of drug-likeness (QED) is 0.760. The molecule has 21 heavy (non-hydrogen) atoms. The summed E-state index contributed by atoms with van der Waals surface area (Å²) in [6, 6.07) is 13.3. The molecule has 2 aromatic carbocycles. The van der Waals surface area contributed by atoms with Gasteiger partial charge in [0.05, 0.1) is 5.52 Å². The Kier molecular flexibility index (Phi) is 3.62. The minimum atomic E-state index is -0.973. The largest absolute Gasteiger partial charge is 0.384 e. The van der Waals surface area contributed by atoms with Crippen LogP contribution in [-0.2, 0) is 0 Å². The standard InChI is InChI=1S/C17H13ClFNO/c1-10-2-3-11-8-12(4-7-16(11)20-10)17(21)14-9-13(19)5-6-15(14)18/h2-9,17,21H,1H3. The van der Waals surface area contributed by atoms with Crippen molar-refractivity contribution in [1.82, 2.24) is 4.98 Å². The Labute approximate surface area is 126 Å². The van der Waals surface area contributed by atoms with Gasteiger partial charge >= 0.3 is 0 Å². The van der Waals surface area contributed by atoms with Gasteiger partial charge < -0.3 is 5.11 Å². The molecular weight excluding hydrogens is 289 g/mol. The fraction of sp³-hybridized carbons (Fsp3) is 0.118. The number of aliphatic hydroxyl groups is 1. The Morgan fingerprint density at radius 3 is 2.71 bits per heavy atom. The van der Waals surface area contributed by atoms with Crippen molar-refractivity contribution in [1.29, 1.82) is 0 Å². The summed E-state index contributed by atoms with van der Waals surface area (Å²) in [6.07, 6.45) is -0.973. The Balaban J connectivity index is 2.07. The average Bonchev–Trinajstić information content (AvgIpc) is 2.48. The van der Waals surface area contributed by atoms with Gasteiger partial charge in [-0.05, 0) is 48.9 Å². The van der Waals surface area contributed by atoms with Gasteiger partial charge in [0.25, 0.3) is 0 Å². The highest BCUT2D eigenvalue weighted by Crippen LogP contribution is 2.30. The molecule has 0 saturated heterocycles. The van der Waals surface area contributed by atoms with Crippen LogP contribution in [0.15, 0.2) is 48.5 Å². The number of aromatic nitrogens is 1. The zero-order valence-electron chi connectivity index (χ0n) is 11.3. The van der Waals surface area contributed by atoms with Crippen LogP contribution in [0, 0.1) is 12.7 Å². The molecule has 1 atom stereocenters. The van der Waals surface area contributed by atoms with E-state index in [-0.39, 0.29) is 0 Å². The number of pyridine rings is 1. The molecule has 0 aliphatic carbocycles. The molecule has 2 nitrogen and oxygen atoms in total. The Bertz CT molecular complexity index is 819. The van der Waals surface area contributed by atoms with E-state index in [1.165, 1.54) is 18.2 Å². The molecule has 3 rings (SSSR count). The van der Waals surface area contributed by atoms with Gasteiger partial charge in [0, 0.05) is 21.7 Å². The molecule has 3 aromatic rings. The number of hydrogen-bond acceptors (Lipinski definition) is 2. The molecule has 0 fully saturated rings. The van der Waals surface area contributed by atoms with Crippen molar-refractivity contribution < 1.29 is 9.50 Å². The molecule has 0 spiro atoms. The second kappa shape index (κ2) is 5.43. The number of rotatable bonds is 2. The van der Waals surface area contributed by atoms with Gasteiger partial charge in [0.1, 0.15) is 11.9 Å². The number of nitrogens with zero attached hydrogens (tertiary/aromatic N) is 1. The van der Waals surface area contributed by atoms with Gasteiger partial charge in [0.15, 0.2) is 0 Å². The molecule has 0 bridgehead atoms. The first-order valence-corrected chi connectivity index (χ1v) is 6.93. The third-order valence-electron chi connectivity index (χ3n) is 3.42. The second-order valence-electron chi connectivity index (χ2n) is 4.97. The minimum Gasteiger partial charge on any atom is -0.384 e. The third-order valence-corrected chi connectivity index (χ3v) is 3.77. The molecule has 4 heteroatoms. The van der Waals surface area contributed by atoms with E-state index in [2.05, 4.69) is 4.98 Å². The lowest BCUT2D eigenvalue weighted by molar-refractivity contribution is 0.220. The van der Waals surface area contributed by atoms with Crippen LogP contribution in [0.4, 0.5) is 4.39 Å². The van der Waals surface area contributed by atoms with Gasteiger partial charge in [-0.15, -0.1) is 0 Å². The summed E-state index contributed by atoms with van der Waals surface area (Å²) >= 11 is 6.04. The normalized spacial score (nSPS) is 12.6. The monoisotopic (exact) mass is 301 g/mol. The molecular formula is C17H13ClFNO. The average molecular weight is 302 g/mol. The van der Waals surface area contributed by atoms with E-state index in [1.807, 2.05) is 31.2 Å². The molecule has 1 aromatic heterocycles. The van der Waals surface area contributed by atoms with E-state index >= 15 is 0 Å². The van der Waals surface area contributed by atoms with Crippen molar-refractivity contribution in [2.45, 2.75) is 13.0 Å². The predicted octanol–water partition coefficient (Wildman–Crippen LogP) is 4.42. The van der Waals surface area contributed by atoms with Crippen molar-refractivity contribution >= 4 is 22.5 Å². The highest BCUT2D eigenvalue weighted by molar-refractivity contribution is 6.31. The molecule has 0 aliphatic heterocycles. The first-order chi connectivity index (χ1) is 10.0. The number of fused-ring (bicyclic) bond motifs is 1. The number of halogens is 2. The highest BCUT2D eigenvalue weighted by Gasteiger charge is 2.15. The highest BCUT2D eigenvalue weighted by atomic mass is 35.5. The van der Waals surface area contributed by atoms with Crippen molar-refractivity contribution in [2.75, 3.05) is 0 Å². The summed E-state index contributed by atoms with van der Waals surface area (Å²) in [5, 5.41) is 11.7. The van der Waals surface area contributed by atoms with Gasteiger partial charge in [-0.3, -0.25) is 4.98 Å². The number of aliphatic hydroxyl groups excluding tert-OH is 1. The van der Waals surface area contributed by atoms with Crippen LogP contribution in [-0.4, -0.2) is 10.1 Å². The van der Waals surface area contributed by atoms with E-state index in [1.54, 1.807) is 6.07 Å². The van der Waals surface area contributed by atoms with E-state index < -0.39 is 11.9 Å². The van der Waals surface area contributed by atoms with E-state index in [4.69, 9.17) is 11.6 Å². The van der Waals surface area contributed by atoms with E-state index in [9.17, 15) is 9.50 Å². The van der Waals surface area contributed by atoms with Crippen LogP contribution in [0.3, 0.4) is 0 Å². The number of hydrogen-bond donors (Lipinski definition) is 1. The molecule has 0 radical (unpaired) electrons. The molecule has 0 aliphatic rings. The second-order valence-corrected chi connectivity index (χ2v) is 5.38.